The fourth-order valence-corrected chi connectivity index (χ4v) is 3.39. The van der Waals surface area contributed by atoms with Gasteiger partial charge >= 0.3 is 5.97 Å². The van der Waals surface area contributed by atoms with E-state index in [1.807, 2.05) is 0 Å². The van der Waals surface area contributed by atoms with Crippen LogP contribution in [0.2, 0.25) is 0 Å². The summed E-state index contributed by atoms with van der Waals surface area (Å²) in [5.74, 6) is -0.311. The van der Waals surface area contributed by atoms with E-state index in [4.69, 9.17) is 9.84 Å². The van der Waals surface area contributed by atoms with Crippen molar-refractivity contribution in [1.29, 1.82) is 0 Å². The van der Waals surface area contributed by atoms with Gasteiger partial charge in [0.2, 0.25) is 0 Å². The van der Waals surface area contributed by atoms with Gasteiger partial charge in [0.05, 0.1) is 19.3 Å². The molecule has 0 aliphatic heterocycles. The Hall–Kier alpha value is -1.18. The highest BCUT2D eigenvalue weighted by atomic mass is 79.9. The van der Waals surface area contributed by atoms with E-state index < -0.39 is 5.97 Å². The maximum atomic E-state index is 10.5. The van der Waals surface area contributed by atoms with Crippen molar-refractivity contribution in [2.45, 2.75) is 6.61 Å². The van der Waals surface area contributed by atoms with E-state index in [1.54, 1.807) is 23.8 Å². The Kier molecular flexibility index (Phi) is 5.33. The topological polar surface area (TPSA) is 59.4 Å². The summed E-state index contributed by atoms with van der Waals surface area (Å²) in [5.41, 5.74) is 2.51. The minimum absolute atomic E-state index is 0.437. The normalized spacial score (nSPS) is 10.9. The third kappa shape index (κ3) is 4.16. The first-order valence-electron chi connectivity index (χ1n) is 5.46. The molecule has 1 aromatic heterocycles. The van der Waals surface area contributed by atoms with Crippen LogP contribution >= 0.6 is 43.2 Å². The molecule has 0 bridgehead atoms. The molecule has 2 aromatic rings. The second kappa shape index (κ2) is 7.01. The van der Waals surface area contributed by atoms with E-state index in [-0.39, 0.29) is 0 Å². The fraction of sp³-hybridized carbons (Fsp3) is 0.0769. The Labute approximate surface area is 136 Å². The molecule has 0 fully saturated rings. The van der Waals surface area contributed by atoms with Gasteiger partial charge in [0, 0.05) is 12.3 Å². The molecule has 104 valence electrons. The lowest BCUT2D eigenvalue weighted by Gasteiger charge is -2.10. The van der Waals surface area contributed by atoms with Crippen molar-refractivity contribution < 1.29 is 14.6 Å². The molecule has 0 aliphatic rings. The number of benzene rings is 1. The monoisotopic (exact) mass is 417 g/mol. The van der Waals surface area contributed by atoms with Crippen LogP contribution in [-0.4, -0.2) is 16.1 Å². The molecule has 1 aromatic carbocycles. The molecule has 0 saturated heterocycles. The second-order valence-electron chi connectivity index (χ2n) is 3.74. The molecule has 0 radical (unpaired) electrons. The van der Waals surface area contributed by atoms with Crippen molar-refractivity contribution in [3.05, 3.63) is 49.3 Å². The minimum atomic E-state index is -0.984. The third-order valence-corrected chi connectivity index (χ3v) is 4.21. The van der Waals surface area contributed by atoms with Crippen molar-refractivity contribution in [1.82, 2.24) is 4.98 Å². The van der Waals surface area contributed by atoms with Gasteiger partial charge in [-0.15, -0.1) is 11.3 Å². The number of aromatic nitrogens is 1. The number of aliphatic carboxylic acids is 1. The lowest BCUT2D eigenvalue weighted by molar-refractivity contribution is -0.131. The lowest BCUT2D eigenvalue weighted by atomic mass is 10.2. The molecule has 2 rings (SSSR count). The first-order chi connectivity index (χ1) is 9.56. The Morgan fingerprint density at radius 1 is 1.40 bits per heavy atom. The number of nitrogens with zero attached hydrogens (tertiary/aromatic N) is 1. The first kappa shape index (κ1) is 15.2. The van der Waals surface area contributed by atoms with E-state index in [2.05, 4.69) is 36.8 Å². The van der Waals surface area contributed by atoms with Crippen LogP contribution in [-0.2, 0) is 11.4 Å². The standard InChI is InChI=1S/C13H9Br2NO3S/c14-10-3-8(1-2-12(17)18)4-11(15)13(10)19-6-9-5-16-7-20-9/h1-5,7H,6H2,(H,17,18)/b2-1+. The van der Waals surface area contributed by atoms with Gasteiger partial charge in [0.15, 0.2) is 0 Å². The van der Waals surface area contributed by atoms with Gasteiger partial charge in [-0.25, -0.2) is 4.79 Å². The zero-order chi connectivity index (χ0) is 14.5. The number of carboxylic acid groups (broad SMARTS) is 1. The maximum absolute atomic E-state index is 10.5. The van der Waals surface area contributed by atoms with Crippen molar-refractivity contribution in [2.75, 3.05) is 0 Å². The molecule has 20 heavy (non-hydrogen) atoms. The highest BCUT2D eigenvalue weighted by molar-refractivity contribution is 9.11. The van der Waals surface area contributed by atoms with Crippen molar-refractivity contribution >= 4 is 55.2 Å². The summed E-state index contributed by atoms with van der Waals surface area (Å²) < 4.78 is 7.23. The predicted octanol–water partition coefficient (Wildman–Crippen LogP) is 4.34. The van der Waals surface area contributed by atoms with Gasteiger partial charge in [-0.05, 0) is 55.6 Å². The Bertz CT molecular complexity index is 618. The van der Waals surface area contributed by atoms with E-state index in [0.717, 1.165) is 25.5 Å². The van der Waals surface area contributed by atoms with Crippen LogP contribution in [0.3, 0.4) is 0 Å². The largest absolute Gasteiger partial charge is 0.486 e. The van der Waals surface area contributed by atoms with Gasteiger partial charge in [-0.1, -0.05) is 0 Å². The predicted molar refractivity (Wildman–Crippen MR) is 85.0 cm³/mol. The summed E-state index contributed by atoms with van der Waals surface area (Å²) in [6, 6.07) is 3.60. The third-order valence-electron chi connectivity index (χ3n) is 2.28. The van der Waals surface area contributed by atoms with Crippen LogP contribution in [0.5, 0.6) is 5.75 Å². The van der Waals surface area contributed by atoms with Crippen LogP contribution in [0.4, 0.5) is 0 Å². The summed E-state index contributed by atoms with van der Waals surface area (Å²) in [7, 11) is 0. The summed E-state index contributed by atoms with van der Waals surface area (Å²) in [6.45, 7) is 0.437. The van der Waals surface area contributed by atoms with E-state index in [0.29, 0.717) is 12.4 Å². The Morgan fingerprint density at radius 3 is 2.65 bits per heavy atom. The van der Waals surface area contributed by atoms with Gasteiger partial charge in [0.25, 0.3) is 0 Å². The number of ether oxygens (including phenoxy) is 1. The van der Waals surface area contributed by atoms with Crippen LogP contribution in [0.1, 0.15) is 10.4 Å². The van der Waals surface area contributed by atoms with Gasteiger partial charge in [-0.2, -0.15) is 0 Å². The Morgan fingerprint density at radius 2 is 2.10 bits per heavy atom. The van der Waals surface area contributed by atoms with E-state index in [1.165, 1.54) is 17.4 Å². The number of hydrogen-bond donors (Lipinski definition) is 1. The maximum Gasteiger partial charge on any atom is 0.328 e. The first-order valence-corrected chi connectivity index (χ1v) is 7.93. The molecule has 7 heteroatoms. The van der Waals surface area contributed by atoms with Gasteiger partial charge in [-0.3, -0.25) is 4.98 Å². The van der Waals surface area contributed by atoms with Crippen LogP contribution in [0.15, 0.2) is 38.9 Å². The van der Waals surface area contributed by atoms with Crippen LogP contribution < -0.4 is 4.74 Å². The van der Waals surface area contributed by atoms with E-state index >= 15 is 0 Å². The van der Waals surface area contributed by atoms with Gasteiger partial charge in [0.1, 0.15) is 12.4 Å². The molecule has 0 atom stereocenters. The highest BCUT2D eigenvalue weighted by Crippen LogP contribution is 2.35. The summed E-state index contributed by atoms with van der Waals surface area (Å²) in [6.07, 6.45) is 4.37. The fourth-order valence-electron chi connectivity index (χ4n) is 1.44. The molecule has 0 saturated carbocycles. The number of halogens is 2. The second-order valence-corrected chi connectivity index (χ2v) is 6.42. The van der Waals surface area contributed by atoms with Crippen molar-refractivity contribution in [2.24, 2.45) is 0 Å². The lowest BCUT2D eigenvalue weighted by Crippen LogP contribution is -1.95. The van der Waals surface area contributed by atoms with Crippen LogP contribution in [0.25, 0.3) is 6.08 Å². The molecule has 0 spiro atoms. The highest BCUT2D eigenvalue weighted by Gasteiger charge is 2.09. The molecule has 0 aliphatic carbocycles. The molecule has 0 unspecified atom stereocenters. The average molecular weight is 419 g/mol. The smallest absolute Gasteiger partial charge is 0.328 e. The number of carbonyl (C=O) groups is 1. The molecule has 1 heterocycles. The summed E-state index contributed by atoms with van der Waals surface area (Å²) >= 11 is 8.37. The SMILES string of the molecule is O=C(O)/C=C/c1cc(Br)c(OCc2cncs2)c(Br)c1. The number of thiazole rings is 1. The quantitative estimate of drug-likeness (QED) is 0.733. The number of hydrogen-bond acceptors (Lipinski definition) is 4. The molecule has 0 amide bonds. The Balaban J connectivity index is 2.16. The molecular weight excluding hydrogens is 410 g/mol. The number of carboxylic acids is 1. The zero-order valence-corrected chi connectivity index (χ0v) is 14.0. The zero-order valence-electron chi connectivity index (χ0n) is 10.0. The molecular formula is C13H9Br2NO3S. The molecule has 1 N–H and O–H groups in total. The molecule has 4 nitrogen and oxygen atoms in total. The summed E-state index contributed by atoms with van der Waals surface area (Å²) in [5, 5.41) is 8.62. The summed E-state index contributed by atoms with van der Waals surface area (Å²) in [4.78, 5) is 15.5. The van der Waals surface area contributed by atoms with Crippen molar-refractivity contribution in [3.63, 3.8) is 0 Å². The van der Waals surface area contributed by atoms with Crippen molar-refractivity contribution in [3.8, 4) is 5.75 Å². The minimum Gasteiger partial charge on any atom is -0.486 e. The number of rotatable bonds is 5. The van der Waals surface area contributed by atoms with E-state index in [9.17, 15) is 4.79 Å². The average Bonchev–Trinajstić information content (AvgIpc) is 2.88. The van der Waals surface area contributed by atoms with Gasteiger partial charge < -0.3 is 9.84 Å². The van der Waals surface area contributed by atoms with Crippen LogP contribution in [0, 0.1) is 0 Å².